The van der Waals surface area contributed by atoms with Crippen LogP contribution in [0.25, 0.3) is 0 Å². The number of nitrogens with two attached hydrogens (primary N) is 1. The van der Waals surface area contributed by atoms with Crippen LogP contribution in [0.5, 0.6) is 0 Å². The molecule has 60 valence electrons. The third kappa shape index (κ3) is 3.92. The van der Waals surface area contributed by atoms with Crippen molar-refractivity contribution in [2.24, 2.45) is 5.73 Å². The van der Waals surface area contributed by atoms with Crippen LogP contribution in [0, 0.1) is 0 Å². The third-order valence-electron chi connectivity index (χ3n) is 1.14. The minimum Gasteiger partial charge on any atom is -0.528 e. The highest BCUT2D eigenvalue weighted by Gasteiger charge is 2.11. The van der Waals surface area contributed by atoms with Gasteiger partial charge in [-0.1, -0.05) is 0 Å². The normalized spacial score (nSPS) is 13.0. The summed E-state index contributed by atoms with van der Waals surface area (Å²) in [5.74, 6) is 0.651. The maximum absolute atomic E-state index is 10.7. The van der Waals surface area contributed by atoms with E-state index in [4.69, 9.17) is 5.73 Å². The van der Waals surface area contributed by atoms with Crippen LogP contribution in [0.4, 0.5) is 0 Å². The van der Waals surface area contributed by atoms with Crippen LogP contribution in [0.1, 0.15) is 6.42 Å². The number of carbonyl (C=O) groups is 1. The van der Waals surface area contributed by atoms with Crippen molar-refractivity contribution >= 4 is 28.2 Å². The Labute approximate surface area is 68.2 Å². The quantitative estimate of drug-likeness (QED) is 0.556. The maximum Gasteiger partial charge on any atom is 0.308 e. The van der Waals surface area contributed by atoms with Gasteiger partial charge >= 0.3 is 5.97 Å². The Morgan fingerprint density at radius 3 is 2.90 bits per heavy atom. The predicted octanol–water partition coefficient (Wildman–Crippen LogP) is -1.11. The van der Waals surface area contributed by atoms with Crippen LogP contribution >= 0.6 is 11.8 Å². The van der Waals surface area contributed by atoms with Gasteiger partial charge in [0.1, 0.15) is 6.04 Å². The van der Waals surface area contributed by atoms with Gasteiger partial charge < -0.3 is 10.2 Å². The summed E-state index contributed by atoms with van der Waals surface area (Å²) < 4.78 is 4.57. The average molecular weight is 179 g/mol. The summed E-state index contributed by atoms with van der Waals surface area (Å²) in [7, 11) is 0.443. The number of hydrogen-bond acceptors (Lipinski definition) is 4. The first-order valence-electron chi connectivity index (χ1n) is 3.04. The minimum atomic E-state index is -0.412. The molecule has 0 rings (SSSR count). The first kappa shape index (κ1) is 10.00. The van der Waals surface area contributed by atoms with Crippen molar-refractivity contribution in [1.82, 2.24) is 0 Å². The SMILES string of the molecule is CSCC[C@H](N)C(=O)O[SiH3]. The summed E-state index contributed by atoms with van der Waals surface area (Å²) in [4.78, 5) is 10.7. The van der Waals surface area contributed by atoms with Crippen molar-refractivity contribution < 1.29 is 9.22 Å². The molecule has 10 heavy (non-hydrogen) atoms. The molecule has 0 radical (unpaired) electrons. The van der Waals surface area contributed by atoms with Crippen molar-refractivity contribution in [3.05, 3.63) is 0 Å². The van der Waals surface area contributed by atoms with Crippen LogP contribution in [-0.4, -0.2) is 34.5 Å². The number of rotatable bonds is 4. The first-order valence-corrected chi connectivity index (χ1v) is 5.25. The lowest BCUT2D eigenvalue weighted by atomic mass is 10.2. The van der Waals surface area contributed by atoms with Crippen molar-refractivity contribution in [2.75, 3.05) is 12.0 Å². The molecule has 0 amide bonds. The molecule has 0 unspecified atom stereocenters. The molecule has 5 heteroatoms. The molecule has 0 aromatic carbocycles. The van der Waals surface area contributed by atoms with Crippen LogP contribution in [0.3, 0.4) is 0 Å². The summed E-state index contributed by atoms with van der Waals surface area (Å²) in [6.07, 6.45) is 2.70. The second-order valence-electron chi connectivity index (χ2n) is 1.91. The van der Waals surface area contributed by atoms with E-state index in [1.165, 1.54) is 0 Å². The maximum atomic E-state index is 10.7. The van der Waals surface area contributed by atoms with Crippen molar-refractivity contribution in [2.45, 2.75) is 12.5 Å². The molecule has 0 bridgehead atoms. The highest BCUT2D eigenvalue weighted by Crippen LogP contribution is 1.99. The van der Waals surface area contributed by atoms with E-state index in [2.05, 4.69) is 4.43 Å². The Bertz CT molecular complexity index is 112. The highest BCUT2D eigenvalue weighted by molar-refractivity contribution is 7.98. The fourth-order valence-corrected chi connectivity index (χ4v) is 1.31. The Kier molecular flexibility index (Phi) is 5.76. The van der Waals surface area contributed by atoms with E-state index in [1.807, 2.05) is 6.26 Å². The molecular weight excluding hydrogens is 166 g/mol. The smallest absolute Gasteiger partial charge is 0.308 e. The monoisotopic (exact) mass is 179 g/mol. The fourth-order valence-electron chi connectivity index (χ4n) is 0.514. The van der Waals surface area contributed by atoms with E-state index in [9.17, 15) is 4.79 Å². The van der Waals surface area contributed by atoms with E-state index in [0.29, 0.717) is 16.9 Å². The van der Waals surface area contributed by atoms with Gasteiger partial charge in [-0.05, 0) is 18.4 Å². The molecule has 0 aromatic rings. The molecule has 0 aromatic heterocycles. The lowest BCUT2D eigenvalue weighted by molar-refractivity contribution is -0.135. The van der Waals surface area contributed by atoms with Gasteiger partial charge in [0.25, 0.3) is 0 Å². The Morgan fingerprint density at radius 2 is 2.50 bits per heavy atom. The van der Waals surface area contributed by atoms with Gasteiger partial charge in [0.15, 0.2) is 0 Å². The molecule has 2 N–H and O–H groups in total. The predicted molar refractivity (Wildman–Crippen MR) is 47.0 cm³/mol. The van der Waals surface area contributed by atoms with Crippen LogP contribution in [0.2, 0.25) is 0 Å². The molecule has 1 atom stereocenters. The van der Waals surface area contributed by atoms with Crippen LogP contribution in [-0.2, 0) is 9.22 Å². The van der Waals surface area contributed by atoms with Gasteiger partial charge in [-0.15, -0.1) is 0 Å². The minimum absolute atomic E-state index is 0.263. The molecule has 0 saturated carbocycles. The average Bonchev–Trinajstić information content (AvgIpc) is 1.98. The van der Waals surface area contributed by atoms with Gasteiger partial charge in [-0.2, -0.15) is 11.8 Å². The number of hydrogen-bond donors (Lipinski definition) is 1. The summed E-state index contributed by atoms with van der Waals surface area (Å²) in [6, 6.07) is -0.412. The van der Waals surface area contributed by atoms with E-state index in [0.717, 1.165) is 5.75 Å². The standard InChI is InChI=1S/C5H13NO2SSi/c1-9-3-2-4(6)5(7)8-10/h4H,2-3,6H2,1,10H3/t4-/m0/s1. The summed E-state index contributed by atoms with van der Waals surface area (Å²) in [5, 5.41) is 0. The van der Waals surface area contributed by atoms with Crippen LogP contribution < -0.4 is 5.73 Å². The van der Waals surface area contributed by atoms with Gasteiger partial charge in [-0.25, -0.2) is 0 Å². The Morgan fingerprint density at radius 1 is 1.90 bits per heavy atom. The summed E-state index contributed by atoms with van der Waals surface area (Å²) >= 11 is 1.68. The van der Waals surface area contributed by atoms with E-state index in [1.54, 1.807) is 11.8 Å². The topological polar surface area (TPSA) is 52.3 Å². The molecule has 0 saturated heterocycles. The van der Waals surface area contributed by atoms with Crippen molar-refractivity contribution in [1.29, 1.82) is 0 Å². The molecule has 0 fully saturated rings. The Balaban J connectivity index is 3.41. The van der Waals surface area contributed by atoms with Gasteiger partial charge in [0.05, 0.1) is 0 Å². The molecule has 0 aliphatic heterocycles. The highest BCUT2D eigenvalue weighted by atomic mass is 32.2. The van der Waals surface area contributed by atoms with Gasteiger partial charge in [0, 0.05) is 0 Å². The zero-order valence-electron chi connectivity index (χ0n) is 6.29. The second-order valence-corrected chi connectivity index (χ2v) is 3.30. The third-order valence-corrected chi connectivity index (χ3v) is 2.18. The molecule has 0 aliphatic rings. The molecule has 0 heterocycles. The summed E-state index contributed by atoms with van der Waals surface area (Å²) in [6.45, 7) is 0. The zero-order valence-corrected chi connectivity index (χ0v) is 9.11. The Hall–Kier alpha value is -0.00312. The van der Waals surface area contributed by atoms with Gasteiger partial charge in [0.2, 0.25) is 10.5 Å². The van der Waals surface area contributed by atoms with Crippen molar-refractivity contribution in [3.63, 3.8) is 0 Å². The van der Waals surface area contributed by atoms with E-state index < -0.39 is 6.04 Å². The first-order chi connectivity index (χ1) is 4.72. The lowest BCUT2D eigenvalue weighted by Gasteiger charge is -2.07. The largest absolute Gasteiger partial charge is 0.528 e. The van der Waals surface area contributed by atoms with Crippen molar-refractivity contribution in [3.8, 4) is 0 Å². The number of thioether (sulfide) groups is 1. The van der Waals surface area contributed by atoms with E-state index in [-0.39, 0.29) is 5.97 Å². The fraction of sp³-hybridized carbons (Fsp3) is 0.800. The van der Waals surface area contributed by atoms with E-state index >= 15 is 0 Å². The van der Waals surface area contributed by atoms with Gasteiger partial charge in [-0.3, -0.25) is 4.79 Å². The lowest BCUT2D eigenvalue weighted by Crippen LogP contribution is -2.32. The second kappa shape index (κ2) is 5.76. The number of carbonyl (C=O) groups excluding carboxylic acids is 1. The molecular formula is C5H13NO2SSi. The molecule has 0 aliphatic carbocycles. The molecule has 3 nitrogen and oxygen atoms in total. The zero-order chi connectivity index (χ0) is 7.98. The van der Waals surface area contributed by atoms with Crippen LogP contribution in [0.15, 0.2) is 0 Å². The molecule has 0 spiro atoms. The summed E-state index contributed by atoms with van der Waals surface area (Å²) in [5.41, 5.74) is 5.45.